The zero-order valence-corrected chi connectivity index (χ0v) is 10.8. The number of benzene rings is 2. The fourth-order valence-corrected chi connectivity index (χ4v) is 2.94. The van der Waals surface area contributed by atoms with Crippen molar-refractivity contribution in [1.82, 2.24) is 0 Å². The standard InChI is InChI=1S/C12H10N2O4S/c1-2-18-19(16,17)11-5-3-4-9-8(11)6-7-10(14-13)12(9)15/h3-7H,2H2,1H3. The second-order valence-electron chi connectivity index (χ2n) is 3.73. The summed E-state index contributed by atoms with van der Waals surface area (Å²) in [5.41, 5.74) is -0.140. The van der Waals surface area contributed by atoms with E-state index in [-0.39, 0.29) is 28.0 Å². The molecule has 0 fully saturated rings. The van der Waals surface area contributed by atoms with Crippen molar-refractivity contribution in [3.63, 3.8) is 0 Å². The molecule has 98 valence electrons. The van der Waals surface area contributed by atoms with Crippen molar-refractivity contribution >= 4 is 26.6 Å². The predicted octanol–water partition coefficient (Wildman–Crippen LogP) is 2.12. The molecule has 0 saturated heterocycles. The molecular formula is C12H10N2O4S. The second-order valence-corrected chi connectivity index (χ2v) is 5.31. The molecule has 0 spiro atoms. The molecule has 0 bridgehead atoms. The van der Waals surface area contributed by atoms with E-state index in [1.165, 1.54) is 30.3 Å². The van der Waals surface area contributed by atoms with E-state index >= 15 is 0 Å². The summed E-state index contributed by atoms with van der Waals surface area (Å²) in [6.45, 7) is 1.57. The molecule has 2 aromatic rings. The Morgan fingerprint density at radius 2 is 2.00 bits per heavy atom. The van der Waals surface area contributed by atoms with Gasteiger partial charge in [-0.2, -0.15) is 8.42 Å². The maximum atomic E-state index is 11.9. The monoisotopic (exact) mass is 278 g/mol. The molecular weight excluding hydrogens is 268 g/mol. The molecule has 0 heterocycles. The van der Waals surface area contributed by atoms with Crippen molar-refractivity contribution in [3.8, 4) is 5.75 Å². The number of rotatable bonds is 3. The van der Waals surface area contributed by atoms with E-state index in [1.807, 2.05) is 0 Å². The number of hydrogen-bond acceptors (Lipinski definition) is 5. The lowest BCUT2D eigenvalue weighted by atomic mass is 10.1. The molecule has 0 unspecified atom stereocenters. The molecule has 0 amide bonds. The Balaban J connectivity index is 2.80. The molecule has 6 nitrogen and oxygen atoms in total. The molecule has 19 heavy (non-hydrogen) atoms. The normalized spacial score (nSPS) is 11.4. The predicted molar refractivity (Wildman–Crippen MR) is 66.9 cm³/mol. The molecule has 0 radical (unpaired) electrons. The zero-order chi connectivity index (χ0) is 14.0. The highest BCUT2D eigenvalue weighted by Crippen LogP contribution is 2.35. The topological polar surface area (TPSA) is 94.6 Å². The van der Waals surface area contributed by atoms with Gasteiger partial charge in [0.05, 0.1) is 6.61 Å². The third-order valence-corrected chi connectivity index (χ3v) is 4.04. The van der Waals surface area contributed by atoms with Crippen LogP contribution in [0.3, 0.4) is 0 Å². The Kier molecular flexibility index (Phi) is 3.38. The van der Waals surface area contributed by atoms with Crippen LogP contribution in [0.25, 0.3) is 15.7 Å². The van der Waals surface area contributed by atoms with Crippen LogP contribution in [0.2, 0.25) is 0 Å². The van der Waals surface area contributed by atoms with Crippen molar-refractivity contribution in [3.05, 3.63) is 35.3 Å². The van der Waals surface area contributed by atoms with Crippen LogP contribution >= 0.6 is 0 Å². The Morgan fingerprint density at radius 3 is 2.63 bits per heavy atom. The van der Waals surface area contributed by atoms with Gasteiger partial charge >= 0.3 is 5.69 Å². The van der Waals surface area contributed by atoms with Gasteiger partial charge in [0.25, 0.3) is 10.1 Å². The van der Waals surface area contributed by atoms with Gasteiger partial charge in [-0.25, -0.2) is 0 Å². The molecule has 0 aliphatic carbocycles. The third-order valence-electron chi connectivity index (χ3n) is 2.60. The Bertz CT molecular complexity index is 778. The lowest BCUT2D eigenvalue weighted by molar-refractivity contribution is -0.264. The Labute approximate surface area is 110 Å². The minimum absolute atomic E-state index is 0.00695. The summed E-state index contributed by atoms with van der Waals surface area (Å²) >= 11 is 0. The van der Waals surface area contributed by atoms with Crippen LogP contribution in [0.15, 0.2) is 35.2 Å². The van der Waals surface area contributed by atoms with Crippen LogP contribution in [0, 0.1) is 5.39 Å². The van der Waals surface area contributed by atoms with E-state index in [4.69, 9.17) is 9.58 Å². The van der Waals surface area contributed by atoms with Gasteiger partial charge in [-0.1, -0.05) is 12.1 Å². The van der Waals surface area contributed by atoms with Gasteiger partial charge < -0.3 is 5.11 Å². The first-order valence-corrected chi connectivity index (χ1v) is 6.89. The van der Waals surface area contributed by atoms with Crippen molar-refractivity contribution in [2.75, 3.05) is 6.61 Å². The van der Waals surface area contributed by atoms with Crippen LogP contribution in [0.4, 0.5) is 5.69 Å². The van der Waals surface area contributed by atoms with Crippen LogP contribution in [-0.2, 0) is 14.3 Å². The summed E-state index contributed by atoms with van der Waals surface area (Å²) in [5, 5.41) is 21.0. The molecule has 0 atom stereocenters. The van der Waals surface area contributed by atoms with Gasteiger partial charge in [0.2, 0.25) is 5.39 Å². The fourth-order valence-electron chi connectivity index (χ4n) is 1.81. The lowest BCUT2D eigenvalue weighted by Crippen LogP contribution is -2.06. The number of fused-ring (bicyclic) bond motifs is 1. The molecule has 2 rings (SSSR count). The van der Waals surface area contributed by atoms with Crippen LogP contribution < -0.4 is 5.11 Å². The van der Waals surface area contributed by atoms with Gasteiger partial charge in [0, 0.05) is 11.5 Å². The average Bonchev–Trinajstić information content (AvgIpc) is 2.38. The quantitative estimate of drug-likeness (QED) is 0.633. The second kappa shape index (κ2) is 4.84. The van der Waals surface area contributed by atoms with Gasteiger partial charge in [-0.15, -0.1) is 0 Å². The Morgan fingerprint density at radius 1 is 1.26 bits per heavy atom. The van der Waals surface area contributed by atoms with E-state index in [1.54, 1.807) is 6.92 Å². The maximum Gasteiger partial charge on any atom is 0.378 e. The number of diazo groups is 1. The largest absolute Gasteiger partial charge is 0.867 e. The highest BCUT2D eigenvalue weighted by Gasteiger charge is 2.19. The molecule has 0 aliphatic heterocycles. The SMILES string of the molecule is CCOS(=O)(=O)c1cccc2c([O-])c([N+]#N)ccc12. The van der Waals surface area contributed by atoms with Gasteiger partial charge in [0.1, 0.15) is 4.90 Å². The lowest BCUT2D eigenvalue weighted by Gasteiger charge is -2.11. The molecule has 0 aliphatic rings. The highest BCUT2D eigenvalue weighted by atomic mass is 32.2. The molecule has 0 N–H and O–H groups in total. The van der Waals surface area contributed by atoms with E-state index < -0.39 is 15.9 Å². The smallest absolute Gasteiger partial charge is 0.378 e. The van der Waals surface area contributed by atoms with Crippen molar-refractivity contribution in [1.29, 1.82) is 5.39 Å². The molecule has 2 aromatic carbocycles. The van der Waals surface area contributed by atoms with Gasteiger partial charge in [-0.05, 0) is 30.2 Å². The van der Waals surface area contributed by atoms with Crippen LogP contribution in [0.5, 0.6) is 5.75 Å². The molecule has 0 aromatic heterocycles. The summed E-state index contributed by atoms with van der Waals surface area (Å²) in [5.74, 6) is -0.534. The minimum Gasteiger partial charge on any atom is -0.867 e. The van der Waals surface area contributed by atoms with E-state index in [9.17, 15) is 13.5 Å². The van der Waals surface area contributed by atoms with Crippen LogP contribution in [0.1, 0.15) is 6.92 Å². The maximum absolute atomic E-state index is 11.9. The first-order valence-electron chi connectivity index (χ1n) is 5.48. The summed E-state index contributed by atoms with van der Waals surface area (Å²) in [6, 6.07) is 6.95. The first-order chi connectivity index (χ1) is 9.01. The fraction of sp³-hybridized carbons (Fsp3) is 0.167. The summed E-state index contributed by atoms with van der Waals surface area (Å²) < 4.78 is 28.5. The third kappa shape index (κ3) is 2.23. The number of hydrogen-bond donors (Lipinski definition) is 0. The van der Waals surface area contributed by atoms with Crippen molar-refractivity contribution in [2.24, 2.45) is 0 Å². The average molecular weight is 278 g/mol. The van der Waals surface area contributed by atoms with E-state index in [0.717, 1.165) is 0 Å². The Hall–Kier alpha value is -2.17. The summed E-state index contributed by atoms with van der Waals surface area (Å²) in [6.07, 6.45) is 0. The molecule has 0 saturated carbocycles. The minimum atomic E-state index is -3.91. The van der Waals surface area contributed by atoms with E-state index in [0.29, 0.717) is 0 Å². The van der Waals surface area contributed by atoms with Crippen molar-refractivity contribution in [2.45, 2.75) is 11.8 Å². The first kappa shape index (κ1) is 13.3. The van der Waals surface area contributed by atoms with Gasteiger partial charge in [-0.3, -0.25) is 4.18 Å². The van der Waals surface area contributed by atoms with E-state index in [2.05, 4.69) is 4.98 Å². The molecule has 7 heteroatoms. The van der Waals surface area contributed by atoms with Crippen LogP contribution in [-0.4, -0.2) is 15.0 Å². The summed E-state index contributed by atoms with van der Waals surface area (Å²) in [4.78, 5) is 2.78. The highest BCUT2D eigenvalue weighted by molar-refractivity contribution is 7.87. The summed E-state index contributed by atoms with van der Waals surface area (Å²) in [7, 11) is -3.91. The van der Waals surface area contributed by atoms with Crippen molar-refractivity contribution < 1.29 is 17.7 Å². The van der Waals surface area contributed by atoms with Gasteiger partial charge in [0.15, 0.2) is 4.98 Å². The number of nitrogens with zero attached hydrogens (tertiary/aromatic N) is 2. The zero-order valence-electron chi connectivity index (χ0n) is 10.0.